The van der Waals surface area contributed by atoms with Gasteiger partial charge >= 0.3 is 11.7 Å². The fourth-order valence-electron chi connectivity index (χ4n) is 1.52. The summed E-state index contributed by atoms with van der Waals surface area (Å²) in [6, 6.07) is 0. The van der Waals surface area contributed by atoms with E-state index in [1.165, 1.54) is 27.8 Å². The number of amides is 1. The van der Waals surface area contributed by atoms with Gasteiger partial charge in [0.25, 0.3) is 5.91 Å². The Labute approximate surface area is 108 Å². The quantitative estimate of drug-likeness (QED) is 0.595. The smallest absolute Gasteiger partial charge is 0.328 e. The minimum atomic E-state index is -1.54. The van der Waals surface area contributed by atoms with Crippen LogP contribution in [0.15, 0.2) is 0 Å². The average Bonchev–Trinajstić information content (AvgIpc) is 2.52. The molecule has 0 fully saturated rings. The Kier molecular flexibility index (Phi) is 3.59. The molecular formula is C10H14N4O5. The molecule has 0 spiro atoms. The molecule has 1 amide bonds. The summed E-state index contributed by atoms with van der Waals surface area (Å²) < 4.78 is 1.06. The van der Waals surface area contributed by atoms with Crippen molar-refractivity contribution in [2.45, 2.75) is 26.3 Å². The molecule has 0 atom stereocenters. The van der Waals surface area contributed by atoms with Crippen molar-refractivity contribution in [3.05, 3.63) is 21.5 Å². The number of carbonyl (C=O) groups excluding carboxylic acids is 1. The number of aliphatic carboxylic acids is 1. The Bertz CT molecular complexity index is 561. The molecule has 0 aliphatic rings. The van der Waals surface area contributed by atoms with Crippen LogP contribution in [0.25, 0.3) is 0 Å². The number of carboxylic acid groups (broad SMARTS) is 1. The molecule has 0 aromatic carbocycles. The maximum atomic E-state index is 12.0. The highest BCUT2D eigenvalue weighted by atomic mass is 16.6. The van der Waals surface area contributed by atoms with Gasteiger partial charge in [-0.1, -0.05) is 0 Å². The van der Waals surface area contributed by atoms with E-state index >= 15 is 0 Å². The molecular weight excluding hydrogens is 256 g/mol. The zero-order valence-corrected chi connectivity index (χ0v) is 10.9. The highest BCUT2D eigenvalue weighted by Crippen LogP contribution is 2.22. The Morgan fingerprint density at radius 3 is 2.42 bits per heavy atom. The molecule has 2 N–H and O–H groups in total. The van der Waals surface area contributed by atoms with E-state index in [-0.39, 0.29) is 11.4 Å². The SMILES string of the molecule is Cc1nn(C)c(C(=O)NC(C)(C)C(=O)O)c1[N+](=O)[O-]. The Morgan fingerprint density at radius 2 is 2.00 bits per heavy atom. The molecule has 19 heavy (non-hydrogen) atoms. The topological polar surface area (TPSA) is 127 Å². The van der Waals surface area contributed by atoms with E-state index in [0.717, 1.165) is 4.68 Å². The van der Waals surface area contributed by atoms with Crippen molar-refractivity contribution in [1.82, 2.24) is 15.1 Å². The molecule has 1 rings (SSSR count). The second-order valence-electron chi connectivity index (χ2n) is 4.55. The monoisotopic (exact) mass is 270 g/mol. The van der Waals surface area contributed by atoms with Crippen LogP contribution in [0.1, 0.15) is 30.0 Å². The molecule has 1 aromatic heterocycles. The first-order chi connectivity index (χ1) is 8.58. The molecule has 0 saturated carbocycles. The lowest BCUT2D eigenvalue weighted by atomic mass is 10.1. The molecule has 0 saturated heterocycles. The van der Waals surface area contributed by atoms with Crippen LogP contribution in [0.4, 0.5) is 5.69 Å². The Balaban J connectivity index is 3.21. The second-order valence-corrected chi connectivity index (χ2v) is 4.55. The van der Waals surface area contributed by atoms with Gasteiger partial charge in [0.2, 0.25) is 5.69 Å². The number of rotatable bonds is 4. The van der Waals surface area contributed by atoms with Crippen molar-refractivity contribution in [1.29, 1.82) is 0 Å². The van der Waals surface area contributed by atoms with Crippen molar-refractivity contribution in [2.24, 2.45) is 7.05 Å². The number of nitrogens with zero attached hydrogens (tertiary/aromatic N) is 3. The Morgan fingerprint density at radius 1 is 1.47 bits per heavy atom. The number of nitro groups is 1. The maximum Gasteiger partial charge on any atom is 0.328 e. The first-order valence-corrected chi connectivity index (χ1v) is 5.32. The van der Waals surface area contributed by atoms with Gasteiger partial charge < -0.3 is 10.4 Å². The van der Waals surface area contributed by atoms with E-state index in [9.17, 15) is 19.7 Å². The lowest BCUT2D eigenvalue weighted by Gasteiger charge is -2.20. The lowest BCUT2D eigenvalue weighted by Crippen LogP contribution is -2.50. The van der Waals surface area contributed by atoms with Crippen LogP contribution in [0, 0.1) is 17.0 Å². The van der Waals surface area contributed by atoms with Crippen LogP contribution in [0.5, 0.6) is 0 Å². The minimum Gasteiger partial charge on any atom is -0.480 e. The summed E-state index contributed by atoms with van der Waals surface area (Å²) in [5, 5.41) is 25.8. The van der Waals surface area contributed by atoms with Gasteiger partial charge in [-0.05, 0) is 20.8 Å². The van der Waals surface area contributed by atoms with E-state index in [1.54, 1.807) is 0 Å². The van der Waals surface area contributed by atoms with Crippen LogP contribution < -0.4 is 5.32 Å². The predicted octanol–water partition coefficient (Wildman–Crippen LogP) is 0.230. The molecule has 0 bridgehead atoms. The summed E-state index contributed by atoms with van der Waals surface area (Å²) in [6.45, 7) is 3.96. The molecule has 0 aliphatic heterocycles. The molecule has 9 nitrogen and oxygen atoms in total. The number of hydrogen-bond donors (Lipinski definition) is 2. The molecule has 0 unspecified atom stereocenters. The molecule has 0 radical (unpaired) electrons. The van der Waals surface area contributed by atoms with Crippen molar-refractivity contribution < 1.29 is 19.6 Å². The van der Waals surface area contributed by atoms with Gasteiger partial charge in [-0.25, -0.2) is 4.79 Å². The molecule has 9 heteroatoms. The van der Waals surface area contributed by atoms with Crippen LogP contribution >= 0.6 is 0 Å². The predicted molar refractivity (Wildman–Crippen MR) is 63.8 cm³/mol. The Hall–Kier alpha value is -2.45. The molecule has 0 aliphatic carbocycles. The number of aryl methyl sites for hydroxylation is 2. The van der Waals surface area contributed by atoms with Gasteiger partial charge in [0.05, 0.1) is 4.92 Å². The summed E-state index contributed by atoms with van der Waals surface area (Å²) in [4.78, 5) is 33.1. The van der Waals surface area contributed by atoms with Gasteiger partial charge in [-0.15, -0.1) is 0 Å². The molecule has 1 heterocycles. The fourth-order valence-corrected chi connectivity index (χ4v) is 1.52. The standard InChI is InChI=1S/C10H14N4O5/c1-5-6(14(18)19)7(13(4)12-5)8(15)11-10(2,3)9(16)17/h1-4H3,(H,11,15)(H,16,17). The van der Waals surface area contributed by atoms with Gasteiger partial charge in [0.15, 0.2) is 0 Å². The molecule has 104 valence electrons. The van der Waals surface area contributed by atoms with Gasteiger partial charge in [0, 0.05) is 7.05 Å². The number of hydrogen-bond acceptors (Lipinski definition) is 5. The van der Waals surface area contributed by atoms with E-state index in [0.29, 0.717) is 0 Å². The van der Waals surface area contributed by atoms with Crippen LogP contribution in [-0.4, -0.2) is 37.2 Å². The summed E-state index contributed by atoms with van der Waals surface area (Å²) in [5.74, 6) is -2.11. The maximum absolute atomic E-state index is 12.0. The molecule has 1 aromatic rings. The van der Waals surface area contributed by atoms with E-state index in [1.807, 2.05) is 0 Å². The zero-order valence-electron chi connectivity index (χ0n) is 10.9. The highest BCUT2D eigenvalue weighted by Gasteiger charge is 2.35. The van der Waals surface area contributed by atoms with Gasteiger partial charge in [-0.3, -0.25) is 19.6 Å². The third-order valence-corrected chi connectivity index (χ3v) is 2.55. The summed E-state index contributed by atoms with van der Waals surface area (Å²) in [6.07, 6.45) is 0. The third-order valence-electron chi connectivity index (χ3n) is 2.55. The normalized spacial score (nSPS) is 11.2. The van der Waals surface area contributed by atoms with E-state index < -0.39 is 28.0 Å². The number of carbonyl (C=O) groups is 2. The van der Waals surface area contributed by atoms with Crippen molar-refractivity contribution in [3.63, 3.8) is 0 Å². The zero-order chi connectivity index (χ0) is 15.0. The largest absolute Gasteiger partial charge is 0.480 e. The van der Waals surface area contributed by atoms with Crippen LogP contribution in [0.3, 0.4) is 0 Å². The van der Waals surface area contributed by atoms with Gasteiger partial charge in [-0.2, -0.15) is 5.10 Å². The van der Waals surface area contributed by atoms with Crippen LogP contribution in [-0.2, 0) is 11.8 Å². The van der Waals surface area contributed by atoms with Gasteiger partial charge in [0.1, 0.15) is 11.2 Å². The minimum absolute atomic E-state index is 0.0887. The van der Waals surface area contributed by atoms with E-state index in [4.69, 9.17) is 5.11 Å². The number of carboxylic acids is 1. The van der Waals surface area contributed by atoms with Crippen molar-refractivity contribution >= 4 is 17.6 Å². The summed E-state index contributed by atoms with van der Waals surface area (Å²) in [7, 11) is 1.38. The number of nitrogens with one attached hydrogen (secondary N) is 1. The fraction of sp³-hybridized carbons (Fsp3) is 0.500. The van der Waals surface area contributed by atoms with Crippen LogP contribution in [0.2, 0.25) is 0 Å². The van der Waals surface area contributed by atoms with Crippen molar-refractivity contribution in [3.8, 4) is 0 Å². The second kappa shape index (κ2) is 4.67. The first kappa shape index (κ1) is 14.6. The highest BCUT2D eigenvalue weighted by molar-refractivity contribution is 5.99. The third kappa shape index (κ3) is 2.69. The summed E-state index contributed by atoms with van der Waals surface area (Å²) >= 11 is 0. The number of aromatic nitrogens is 2. The first-order valence-electron chi connectivity index (χ1n) is 5.32. The lowest BCUT2D eigenvalue weighted by molar-refractivity contribution is -0.385. The average molecular weight is 270 g/mol. The van der Waals surface area contributed by atoms with Crippen molar-refractivity contribution in [2.75, 3.05) is 0 Å². The van der Waals surface area contributed by atoms with E-state index in [2.05, 4.69) is 10.4 Å². The summed E-state index contributed by atoms with van der Waals surface area (Å²) in [5.41, 5.74) is -2.16.